The number of hydrogen-bond donors (Lipinski definition) is 1. The van der Waals surface area contributed by atoms with E-state index in [0.29, 0.717) is 6.10 Å². The van der Waals surface area contributed by atoms with Crippen LogP contribution in [0.15, 0.2) is 23.2 Å². The molecule has 0 bridgehead atoms. The fraction of sp³-hybridized carbons (Fsp3) is 0.696. The van der Waals surface area contributed by atoms with E-state index in [1.54, 1.807) is 0 Å². The van der Waals surface area contributed by atoms with Crippen molar-refractivity contribution in [1.29, 1.82) is 0 Å². The fourth-order valence-corrected chi connectivity index (χ4v) is 4.01. The van der Waals surface area contributed by atoms with E-state index in [9.17, 15) is 0 Å². The lowest BCUT2D eigenvalue weighted by molar-refractivity contribution is -0.0318. The molecule has 3 rings (SSSR count). The molecule has 2 fully saturated rings. The van der Waals surface area contributed by atoms with Crippen molar-refractivity contribution in [3.8, 4) is 0 Å². The maximum atomic E-state index is 5.96. The Balaban J connectivity index is 1.45. The summed E-state index contributed by atoms with van der Waals surface area (Å²) in [7, 11) is 0. The Kier molecular flexibility index (Phi) is 8.62. The van der Waals surface area contributed by atoms with Gasteiger partial charge in [0.15, 0.2) is 5.96 Å². The predicted molar refractivity (Wildman–Crippen MR) is 120 cm³/mol. The third-order valence-corrected chi connectivity index (χ3v) is 5.92. The summed E-state index contributed by atoms with van der Waals surface area (Å²) in [5.74, 6) is 1.04. The van der Waals surface area contributed by atoms with E-state index in [4.69, 9.17) is 14.5 Å². The molecule has 6 nitrogen and oxygen atoms in total. The minimum absolute atomic E-state index is 0.374. The van der Waals surface area contributed by atoms with Crippen molar-refractivity contribution in [2.45, 2.75) is 46.1 Å². The summed E-state index contributed by atoms with van der Waals surface area (Å²) in [6.07, 6.45) is 3.39. The molecule has 0 unspecified atom stereocenters. The number of rotatable bonds is 7. The Morgan fingerprint density at radius 1 is 1.17 bits per heavy atom. The van der Waals surface area contributed by atoms with Crippen molar-refractivity contribution >= 4 is 11.6 Å². The molecule has 2 saturated heterocycles. The van der Waals surface area contributed by atoms with E-state index in [1.807, 2.05) is 0 Å². The lowest BCUT2D eigenvalue weighted by Gasteiger charge is -2.38. The first-order chi connectivity index (χ1) is 14.2. The van der Waals surface area contributed by atoms with Crippen LogP contribution in [0.25, 0.3) is 0 Å². The van der Waals surface area contributed by atoms with Crippen molar-refractivity contribution in [3.63, 3.8) is 0 Å². The van der Waals surface area contributed by atoms with Crippen LogP contribution < -0.4 is 10.2 Å². The largest absolute Gasteiger partial charge is 0.381 e. The number of guanidine groups is 1. The van der Waals surface area contributed by atoms with E-state index in [1.165, 1.54) is 16.8 Å². The van der Waals surface area contributed by atoms with Crippen LogP contribution in [0, 0.1) is 13.8 Å². The summed E-state index contributed by atoms with van der Waals surface area (Å²) in [4.78, 5) is 9.75. The summed E-state index contributed by atoms with van der Waals surface area (Å²) in [6, 6.07) is 6.60. The van der Waals surface area contributed by atoms with Gasteiger partial charge in [-0.15, -0.1) is 0 Å². The second-order valence-corrected chi connectivity index (χ2v) is 7.96. The molecule has 2 aliphatic heterocycles. The monoisotopic (exact) mass is 402 g/mol. The number of hydrogen-bond acceptors (Lipinski definition) is 4. The normalized spacial score (nSPS) is 18.9. The van der Waals surface area contributed by atoms with E-state index in [2.05, 4.69) is 54.1 Å². The van der Waals surface area contributed by atoms with Gasteiger partial charge in [0.1, 0.15) is 0 Å². The molecule has 0 saturated carbocycles. The number of benzene rings is 1. The third kappa shape index (κ3) is 6.34. The van der Waals surface area contributed by atoms with Gasteiger partial charge in [-0.25, -0.2) is 0 Å². The van der Waals surface area contributed by atoms with Crippen molar-refractivity contribution in [2.24, 2.45) is 4.99 Å². The Morgan fingerprint density at radius 3 is 2.66 bits per heavy atom. The first-order valence-electron chi connectivity index (χ1n) is 11.2. The van der Waals surface area contributed by atoms with Crippen LogP contribution in [0.4, 0.5) is 5.69 Å². The Morgan fingerprint density at radius 2 is 1.93 bits per heavy atom. The fourth-order valence-electron chi connectivity index (χ4n) is 4.01. The average molecular weight is 403 g/mol. The van der Waals surface area contributed by atoms with Gasteiger partial charge in [0.05, 0.1) is 6.10 Å². The highest BCUT2D eigenvalue weighted by Crippen LogP contribution is 2.23. The second kappa shape index (κ2) is 11.4. The predicted octanol–water partition coefficient (Wildman–Crippen LogP) is 2.98. The van der Waals surface area contributed by atoms with Crippen LogP contribution in [0.3, 0.4) is 0 Å². The highest BCUT2D eigenvalue weighted by atomic mass is 16.5. The molecule has 0 amide bonds. The molecular formula is C23H38N4O2. The number of ether oxygens (including phenoxy) is 2. The van der Waals surface area contributed by atoms with Crippen molar-refractivity contribution in [2.75, 3.05) is 64.0 Å². The van der Waals surface area contributed by atoms with Gasteiger partial charge in [0.2, 0.25) is 0 Å². The zero-order valence-electron chi connectivity index (χ0n) is 18.5. The van der Waals surface area contributed by atoms with Gasteiger partial charge in [0.25, 0.3) is 0 Å². The summed E-state index contributed by atoms with van der Waals surface area (Å²) in [6.45, 7) is 14.8. The SMILES string of the molecule is CCNC(=NCCCOC1CCOCC1)N1CCN(c2cccc(C)c2C)CC1. The van der Waals surface area contributed by atoms with Gasteiger partial charge >= 0.3 is 0 Å². The number of piperazine rings is 1. The molecule has 0 aromatic heterocycles. The smallest absolute Gasteiger partial charge is 0.194 e. The van der Waals surface area contributed by atoms with E-state index in [-0.39, 0.29) is 0 Å². The van der Waals surface area contributed by atoms with Gasteiger partial charge in [-0.1, -0.05) is 12.1 Å². The molecular weight excluding hydrogens is 364 g/mol. The first kappa shape index (κ1) is 21.9. The highest BCUT2D eigenvalue weighted by molar-refractivity contribution is 5.80. The van der Waals surface area contributed by atoms with Crippen molar-refractivity contribution in [1.82, 2.24) is 10.2 Å². The molecule has 0 radical (unpaired) electrons. The quantitative estimate of drug-likeness (QED) is 0.432. The molecule has 1 aromatic rings. The Bertz CT molecular complexity index is 650. The molecule has 0 aliphatic carbocycles. The van der Waals surface area contributed by atoms with E-state index in [0.717, 1.165) is 84.3 Å². The minimum Gasteiger partial charge on any atom is -0.381 e. The molecule has 1 N–H and O–H groups in total. The number of nitrogens with zero attached hydrogens (tertiary/aromatic N) is 3. The maximum Gasteiger partial charge on any atom is 0.194 e. The van der Waals surface area contributed by atoms with Crippen molar-refractivity contribution < 1.29 is 9.47 Å². The summed E-state index contributed by atoms with van der Waals surface area (Å²) in [5, 5.41) is 3.47. The van der Waals surface area contributed by atoms with Gasteiger partial charge in [-0.05, 0) is 57.2 Å². The van der Waals surface area contributed by atoms with Crippen LogP contribution in [-0.2, 0) is 9.47 Å². The molecule has 2 aliphatic rings. The molecule has 6 heteroatoms. The maximum absolute atomic E-state index is 5.96. The highest BCUT2D eigenvalue weighted by Gasteiger charge is 2.21. The van der Waals surface area contributed by atoms with E-state index >= 15 is 0 Å². The number of aryl methyl sites for hydroxylation is 1. The van der Waals surface area contributed by atoms with E-state index < -0.39 is 0 Å². The Hall–Kier alpha value is -1.79. The van der Waals surface area contributed by atoms with Gasteiger partial charge in [0, 0.05) is 64.8 Å². The molecule has 0 spiro atoms. The average Bonchev–Trinajstić information content (AvgIpc) is 2.76. The number of nitrogens with one attached hydrogen (secondary N) is 1. The van der Waals surface area contributed by atoms with Crippen LogP contribution in [0.1, 0.15) is 37.3 Å². The molecule has 1 aromatic carbocycles. The lowest BCUT2D eigenvalue weighted by Crippen LogP contribution is -2.52. The molecule has 162 valence electrons. The molecule has 2 heterocycles. The van der Waals surface area contributed by atoms with Gasteiger partial charge in [-0.3, -0.25) is 4.99 Å². The minimum atomic E-state index is 0.374. The second-order valence-electron chi connectivity index (χ2n) is 7.96. The summed E-state index contributed by atoms with van der Waals surface area (Å²) >= 11 is 0. The number of anilines is 1. The van der Waals surface area contributed by atoms with Gasteiger partial charge in [-0.2, -0.15) is 0 Å². The van der Waals surface area contributed by atoms with Crippen LogP contribution >= 0.6 is 0 Å². The zero-order chi connectivity index (χ0) is 20.5. The zero-order valence-corrected chi connectivity index (χ0v) is 18.5. The standard InChI is InChI=1S/C23H38N4O2/c1-4-24-23(25-11-6-16-29-21-9-17-28-18-10-21)27-14-12-26(13-15-27)22-8-5-7-19(2)20(22)3/h5,7-8,21H,4,6,9-18H2,1-3H3,(H,24,25). The van der Waals surface area contributed by atoms with Crippen LogP contribution in [-0.4, -0.2) is 76.1 Å². The van der Waals surface area contributed by atoms with Crippen LogP contribution in [0.5, 0.6) is 0 Å². The first-order valence-corrected chi connectivity index (χ1v) is 11.2. The van der Waals surface area contributed by atoms with Crippen molar-refractivity contribution in [3.05, 3.63) is 29.3 Å². The molecule has 29 heavy (non-hydrogen) atoms. The van der Waals surface area contributed by atoms with Gasteiger partial charge < -0.3 is 24.6 Å². The summed E-state index contributed by atoms with van der Waals surface area (Å²) in [5.41, 5.74) is 4.13. The third-order valence-electron chi connectivity index (χ3n) is 5.92. The molecule has 0 atom stereocenters. The lowest BCUT2D eigenvalue weighted by atomic mass is 10.1. The van der Waals surface area contributed by atoms with Crippen LogP contribution in [0.2, 0.25) is 0 Å². The summed E-state index contributed by atoms with van der Waals surface area (Å²) < 4.78 is 11.3. The number of aliphatic imine (C=N–C) groups is 1. The Labute approximate surface area is 176 Å². The topological polar surface area (TPSA) is 49.3 Å².